The van der Waals surface area contributed by atoms with Crippen molar-refractivity contribution in [3.05, 3.63) is 35.9 Å². The Morgan fingerprint density at radius 2 is 2.05 bits per heavy atom. The van der Waals surface area contributed by atoms with Crippen LogP contribution in [0.4, 0.5) is 0 Å². The van der Waals surface area contributed by atoms with E-state index < -0.39 is 12.0 Å². The first kappa shape index (κ1) is 13.5. The smallest absolute Gasteiger partial charge is 0.330 e. The standard InChI is InChI=1S/C14H18N2O3/c1-16-8-7-11(9-16)13(17)15-12(14(18)19)10-5-3-2-4-6-10/h2-6,11-12H,7-9H2,1H3,(H,15,17)(H,18,19)/t11?,12-/m0/s1. The molecule has 5 nitrogen and oxygen atoms in total. The molecule has 1 aliphatic rings. The summed E-state index contributed by atoms with van der Waals surface area (Å²) in [6, 6.07) is 7.79. The summed E-state index contributed by atoms with van der Waals surface area (Å²) in [4.78, 5) is 25.4. The number of aliphatic carboxylic acids is 1. The molecule has 0 aliphatic carbocycles. The third-order valence-corrected chi connectivity index (χ3v) is 3.43. The zero-order valence-corrected chi connectivity index (χ0v) is 10.9. The molecule has 1 aromatic carbocycles. The highest BCUT2D eigenvalue weighted by atomic mass is 16.4. The molecule has 0 bridgehead atoms. The lowest BCUT2D eigenvalue weighted by Crippen LogP contribution is -2.38. The van der Waals surface area contributed by atoms with Gasteiger partial charge in [-0.05, 0) is 25.6 Å². The summed E-state index contributed by atoms with van der Waals surface area (Å²) in [7, 11) is 1.96. The SMILES string of the molecule is CN1CCC(C(=O)N[C@H](C(=O)O)c2ccccc2)C1. The molecule has 2 atom stereocenters. The Hall–Kier alpha value is -1.88. The first-order valence-corrected chi connectivity index (χ1v) is 6.34. The van der Waals surface area contributed by atoms with Crippen molar-refractivity contribution < 1.29 is 14.7 Å². The number of hydrogen-bond acceptors (Lipinski definition) is 3. The predicted molar refractivity (Wildman–Crippen MR) is 70.6 cm³/mol. The summed E-state index contributed by atoms with van der Waals surface area (Å²) in [6.45, 7) is 1.56. The third kappa shape index (κ3) is 3.32. The molecule has 1 unspecified atom stereocenters. The fraction of sp³-hybridized carbons (Fsp3) is 0.429. The molecule has 1 heterocycles. The second-order valence-electron chi connectivity index (χ2n) is 4.94. The number of benzene rings is 1. The molecular weight excluding hydrogens is 244 g/mol. The molecule has 5 heteroatoms. The molecular formula is C14H18N2O3. The van der Waals surface area contributed by atoms with E-state index in [9.17, 15) is 14.7 Å². The Bertz CT molecular complexity index is 461. The number of nitrogens with zero attached hydrogens (tertiary/aromatic N) is 1. The molecule has 1 aromatic rings. The van der Waals surface area contributed by atoms with Crippen molar-refractivity contribution >= 4 is 11.9 Å². The molecule has 0 spiro atoms. The molecule has 102 valence electrons. The lowest BCUT2D eigenvalue weighted by molar-refractivity contribution is -0.142. The Balaban J connectivity index is 2.05. The summed E-state index contributed by atoms with van der Waals surface area (Å²) in [5.74, 6) is -1.33. The van der Waals surface area contributed by atoms with Crippen LogP contribution in [0.3, 0.4) is 0 Å². The van der Waals surface area contributed by atoms with Gasteiger partial charge < -0.3 is 15.3 Å². The van der Waals surface area contributed by atoms with E-state index in [4.69, 9.17) is 0 Å². The van der Waals surface area contributed by atoms with Gasteiger partial charge in [0.2, 0.25) is 5.91 Å². The highest BCUT2D eigenvalue weighted by molar-refractivity contribution is 5.86. The Morgan fingerprint density at radius 3 is 2.58 bits per heavy atom. The lowest BCUT2D eigenvalue weighted by atomic mass is 10.0. The van der Waals surface area contributed by atoms with Crippen LogP contribution in [0.5, 0.6) is 0 Å². The number of nitrogens with one attached hydrogen (secondary N) is 1. The van der Waals surface area contributed by atoms with Crippen molar-refractivity contribution in [2.24, 2.45) is 5.92 Å². The Morgan fingerprint density at radius 1 is 1.37 bits per heavy atom. The minimum absolute atomic E-state index is 0.115. The van der Waals surface area contributed by atoms with Gasteiger partial charge in [-0.1, -0.05) is 30.3 Å². The van der Waals surface area contributed by atoms with Crippen LogP contribution in [0.1, 0.15) is 18.0 Å². The van der Waals surface area contributed by atoms with E-state index in [0.29, 0.717) is 12.1 Å². The minimum Gasteiger partial charge on any atom is -0.479 e. The van der Waals surface area contributed by atoms with Gasteiger partial charge in [-0.2, -0.15) is 0 Å². The minimum atomic E-state index is -1.04. The normalized spacial score (nSPS) is 21.0. The second kappa shape index (κ2) is 5.84. The van der Waals surface area contributed by atoms with Crippen molar-refractivity contribution in [3.8, 4) is 0 Å². The average molecular weight is 262 g/mol. The van der Waals surface area contributed by atoms with Crippen molar-refractivity contribution in [1.29, 1.82) is 0 Å². The van der Waals surface area contributed by atoms with E-state index in [1.54, 1.807) is 24.3 Å². The zero-order chi connectivity index (χ0) is 13.8. The quantitative estimate of drug-likeness (QED) is 0.845. The highest BCUT2D eigenvalue weighted by Gasteiger charge is 2.30. The van der Waals surface area contributed by atoms with Crippen molar-refractivity contribution in [3.63, 3.8) is 0 Å². The average Bonchev–Trinajstić information content (AvgIpc) is 2.83. The van der Waals surface area contributed by atoms with E-state index in [-0.39, 0.29) is 11.8 Å². The van der Waals surface area contributed by atoms with Crippen molar-refractivity contribution in [2.75, 3.05) is 20.1 Å². The van der Waals surface area contributed by atoms with E-state index in [1.807, 2.05) is 13.1 Å². The molecule has 0 saturated carbocycles. The topological polar surface area (TPSA) is 69.6 Å². The van der Waals surface area contributed by atoms with Gasteiger partial charge in [0.15, 0.2) is 6.04 Å². The molecule has 0 radical (unpaired) electrons. The maximum atomic E-state index is 12.1. The number of amides is 1. The molecule has 2 N–H and O–H groups in total. The van der Waals surface area contributed by atoms with Crippen molar-refractivity contribution in [1.82, 2.24) is 10.2 Å². The van der Waals surface area contributed by atoms with Crippen LogP contribution in [-0.2, 0) is 9.59 Å². The molecule has 19 heavy (non-hydrogen) atoms. The van der Waals surface area contributed by atoms with Crippen LogP contribution in [0, 0.1) is 5.92 Å². The molecule has 1 fully saturated rings. The largest absolute Gasteiger partial charge is 0.479 e. The summed E-state index contributed by atoms with van der Waals surface area (Å²) >= 11 is 0. The predicted octanol–water partition coefficient (Wildman–Crippen LogP) is 0.880. The fourth-order valence-electron chi connectivity index (χ4n) is 2.34. The maximum Gasteiger partial charge on any atom is 0.330 e. The third-order valence-electron chi connectivity index (χ3n) is 3.43. The summed E-state index contributed by atoms with van der Waals surface area (Å²) < 4.78 is 0. The van der Waals surface area contributed by atoms with Crippen LogP contribution in [0.25, 0.3) is 0 Å². The van der Waals surface area contributed by atoms with Gasteiger partial charge >= 0.3 is 5.97 Å². The number of rotatable bonds is 4. The van der Waals surface area contributed by atoms with Crippen molar-refractivity contribution in [2.45, 2.75) is 12.5 Å². The maximum absolute atomic E-state index is 12.1. The van der Waals surface area contributed by atoms with Crippen LogP contribution < -0.4 is 5.32 Å². The first-order valence-electron chi connectivity index (χ1n) is 6.34. The van der Waals surface area contributed by atoms with E-state index in [2.05, 4.69) is 10.2 Å². The van der Waals surface area contributed by atoms with Gasteiger partial charge in [-0.3, -0.25) is 4.79 Å². The molecule has 1 aliphatic heterocycles. The molecule has 1 saturated heterocycles. The number of likely N-dealkylation sites (tertiary alicyclic amines) is 1. The highest BCUT2D eigenvalue weighted by Crippen LogP contribution is 2.18. The van der Waals surface area contributed by atoms with E-state index >= 15 is 0 Å². The fourth-order valence-corrected chi connectivity index (χ4v) is 2.34. The lowest BCUT2D eigenvalue weighted by Gasteiger charge is -2.17. The molecule has 0 aromatic heterocycles. The summed E-state index contributed by atoms with van der Waals surface area (Å²) in [5.41, 5.74) is 0.592. The Labute approximate surface area is 112 Å². The first-order chi connectivity index (χ1) is 9.08. The number of carboxylic acid groups (broad SMARTS) is 1. The van der Waals surface area contributed by atoms with E-state index in [1.165, 1.54) is 0 Å². The second-order valence-corrected chi connectivity index (χ2v) is 4.94. The van der Waals surface area contributed by atoms with Gasteiger partial charge in [0, 0.05) is 6.54 Å². The van der Waals surface area contributed by atoms with Crippen LogP contribution >= 0.6 is 0 Å². The monoisotopic (exact) mass is 262 g/mol. The summed E-state index contributed by atoms with van der Waals surface area (Å²) in [5, 5.41) is 11.9. The Kier molecular flexibility index (Phi) is 4.16. The molecule has 2 rings (SSSR count). The van der Waals surface area contributed by atoms with Gasteiger partial charge in [-0.15, -0.1) is 0 Å². The van der Waals surface area contributed by atoms with E-state index in [0.717, 1.165) is 13.0 Å². The number of hydrogen-bond donors (Lipinski definition) is 2. The number of carbonyl (C=O) groups is 2. The summed E-state index contributed by atoms with van der Waals surface area (Å²) in [6.07, 6.45) is 0.781. The van der Waals surface area contributed by atoms with Gasteiger partial charge in [0.05, 0.1) is 5.92 Å². The van der Waals surface area contributed by atoms with Gasteiger partial charge in [0.1, 0.15) is 0 Å². The van der Waals surface area contributed by atoms with Crippen LogP contribution in [-0.4, -0.2) is 42.0 Å². The van der Waals surface area contributed by atoms with Gasteiger partial charge in [0.25, 0.3) is 0 Å². The number of carboxylic acids is 1. The van der Waals surface area contributed by atoms with Gasteiger partial charge in [-0.25, -0.2) is 4.79 Å². The van der Waals surface area contributed by atoms with Crippen LogP contribution in [0.2, 0.25) is 0 Å². The number of carbonyl (C=O) groups excluding carboxylic acids is 1. The molecule has 1 amide bonds. The van der Waals surface area contributed by atoms with Crippen LogP contribution in [0.15, 0.2) is 30.3 Å². The zero-order valence-electron chi connectivity index (χ0n) is 10.9.